The number of esters is 1. The number of hydrogen-bond acceptors (Lipinski definition) is 5. The molecule has 1 N–H and O–H groups in total. The molecule has 2 aromatic carbocycles. The lowest BCUT2D eigenvalue weighted by Gasteiger charge is -2.07. The average Bonchev–Trinajstić information content (AvgIpc) is 2.51. The predicted octanol–water partition coefficient (Wildman–Crippen LogP) is 3.22. The van der Waals surface area contributed by atoms with Gasteiger partial charge in [-0.3, -0.25) is 0 Å². The molecule has 0 atom stereocenters. The Morgan fingerprint density at radius 3 is 2.24 bits per heavy atom. The Morgan fingerprint density at radius 2 is 1.67 bits per heavy atom. The fraction of sp³-hybridized carbons (Fsp3) is 0.125. The highest BCUT2D eigenvalue weighted by molar-refractivity contribution is 6.43. The number of carbonyl (C=O) groups is 1. The van der Waals surface area contributed by atoms with Crippen molar-refractivity contribution < 1.29 is 19.5 Å². The summed E-state index contributed by atoms with van der Waals surface area (Å²) in [6.45, 7) is 1.90. The molecule has 0 aromatic heterocycles. The van der Waals surface area contributed by atoms with Gasteiger partial charge in [-0.05, 0) is 43.3 Å². The fourth-order valence-electron chi connectivity index (χ4n) is 1.72. The van der Waals surface area contributed by atoms with Crippen molar-refractivity contribution in [2.24, 2.45) is 5.16 Å². The van der Waals surface area contributed by atoms with E-state index in [2.05, 4.69) is 5.16 Å². The number of hydrogen-bond donors (Lipinski definition) is 1. The van der Waals surface area contributed by atoms with E-state index in [1.807, 2.05) is 30.3 Å². The number of carbonyl (C=O) groups excluding carboxylic acids is 1. The molecule has 0 fully saturated rings. The van der Waals surface area contributed by atoms with Crippen LogP contribution in [0.2, 0.25) is 0 Å². The molecule has 2 rings (SSSR count). The fourth-order valence-corrected chi connectivity index (χ4v) is 1.72. The summed E-state index contributed by atoms with van der Waals surface area (Å²) in [6, 6.07) is 16.0. The van der Waals surface area contributed by atoms with E-state index in [9.17, 15) is 4.79 Å². The minimum Gasteiger partial charge on any atom is -0.461 e. The third kappa shape index (κ3) is 3.82. The van der Waals surface area contributed by atoms with Gasteiger partial charge in [0, 0.05) is 5.56 Å². The molecule has 0 amide bonds. The van der Waals surface area contributed by atoms with Crippen LogP contribution in [0.3, 0.4) is 0 Å². The summed E-state index contributed by atoms with van der Waals surface area (Å²) in [7, 11) is 0. The van der Waals surface area contributed by atoms with Gasteiger partial charge in [0.1, 0.15) is 11.5 Å². The Balaban J connectivity index is 2.13. The first-order valence-corrected chi connectivity index (χ1v) is 6.47. The second-order valence-corrected chi connectivity index (χ2v) is 4.11. The summed E-state index contributed by atoms with van der Waals surface area (Å²) >= 11 is 0. The van der Waals surface area contributed by atoms with E-state index in [-0.39, 0.29) is 12.3 Å². The quantitative estimate of drug-likeness (QED) is 0.396. The van der Waals surface area contributed by atoms with E-state index in [4.69, 9.17) is 14.7 Å². The summed E-state index contributed by atoms with van der Waals surface area (Å²) < 4.78 is 10.5. The lowest BCUT2D eigenvalue weighted by atomic mass is 10.1. The zero-order valence-electron chi connectivity index (χ0n) is 11.5. The Morgan fingerprint density at radius 1 is 1.05 bits per heavy atom. The van der Waals surface area contributed by atoms with Crippen molar-refractivity contribution in [2.75, 3.05) is 6.61 Å². The average molecular weight is 285 g/mol. The third-order valence-corrected chi connectivity index (χ3v) is 2.68. The van der Waals surface area contributed by atoms with Crippen LogP contribution in [0.1, 0.15) is 12.5 Å². The molecular weight excluding hydrogens is 270 g/mol. The zero-order valence-corrected chi connectivity index (χ0v) is 11.5. The van der Waals surface area contributed by atoms with Crippen molar-refractivity contribution in [3.05, 3.63) is 60.2 Å². The molecule has 0 unspecified atom stereocenters. The van der Waals surface area contributed by atoms with Crippen molar-refractivity contribution in [2.45, 2.75) is 6.92 Å². The summed E-state index contributed by atoms with van der Waals surface area (Å²) in [5, 5.41) is 11.9. The Labute approximate surface area is 122 Å². The number of ether oxygens (including phenoxy) is 2. The molecule has 0 aliphatic carbocycles. The van der Waals surface area contributed by atoms with E-state index in [1.54, 1.807) is 31.2 Å². The standard InChI is InChI=1S/C16H15NO4/c1-2-20-16(18)15(17-19)12-8-10-14(11-9-12)21-13-6-4-3-5-7-13/h3-11,19H,2H2,1H3. The SMILES string of the molecule is CCOC(=O)C(=NO)c1ccc(Oc2ccccc2)cc1. The summed E-state index contributed by atoms with van der Waals surface area (Å²) in [6.07, 6.45) is 0. The molecule has 0 saturated carbocycles. The first-order valence-electron chi connectivity index (χ1n) is 6.47. The highest BCUT2D eigenvalue weighted by Gasteiger charge is 2.16. The van der Waals surface area contributed by atoms with Gasteiger partial charge in [-0.1, -0.05) is 23.4 Å². The van der Waals surface area contributed by atoms with Crippen LogP contribution in [0.4, 0.5) is 0 Å². The van der Waals surface area contributed by atoms with Gasteiger partial charge < -0.3 is 14.7 Å². The van der Waals surface area contributed by atoms with Crippen molar-refractivity contribution in [1.82, 2.24) is 0 Å². The van der Waals surface area contributed by atoms with Crippen LogP contribution in [0.5, 0.6) is 11.5 Å². The molecule has 5 heteroatoms. The summed E-state index contributed by atoms with van der Waals surface area (Å²) in [4.78, 5) is 11.6. The van der Waals surface area contributed by atoms with Crippen LogP contribution < -0.4 is 4.74 Å². The maximum absolute atomic E-state index is 11.6. The highest BCUT2D eigenvalue weighted by atomic mass is 16.5. The molecule has 0 heterocycles. The van der Waals surface area contributed by atoms with Crippen molar-refractivity contribution in [3.8, 4) is 11.5 Å². The zero-order chi connectivity index (χ0) is 15.1. The second kappa shape index (κ2) is 7.09. The van der Waals surface area contributed by atoms with Gasteiger partial charge in [-0.2, -0.15) is 0 Å². The lowest BCUT2D eigenvalue weighted by Crippen LogP contribution is -2.18. The number of oxime groups is 1. The van der Waals surface area contributed by atoms with E-state index in [0.717, 1.165) is 0 Å². The highest BCUT2D eigenvalue weighted by Crippen LogP contribution is 2.21. The molecule has 21 heavy (non-hydrogen) atoms. The molecule has 0 aliphatic heterocycles. The number of para-hydroxylation sites is 1. The van der Waals surface area contributed by atoms with Crippen LogP contribution in [0.15, 0.2) is 59.8 Å². The molecular formula is C16H15NO4. The van der Waals surface area contributed by atoms with Gasteiger partial charge in [-0.15, -0.1) is 0 Å². The molecule has 0 radical (unpaired) electrons. The maximum Gasteiger partial charge on any atom is 0.361 e. The maximum atomic E-state index is 11.6. The number of nitrogens with zero attached hydrogens (tertiary/aromatic N) is 1. The largest absolute Gasteiger partial charge is 0.461 e. The first-order chi connectivity index (χ1) is 10.2. The van der Waals surface area contributed by atoms with E-state index >= 15 is 0 Å². The van der Waals surface area contributed by atoms with Crippen LogP contribution in [0, 0.1) is 0 Å². The van der Waals surface area contributed by atoms with Crippen molar-refractivity contribution in [3.63, 3.8) is 0 Å². The van der Waals surface area contributed by atoms with Crippen LogP contribution in [-0.2, 0) is 9.53 Å². The van der Waals surface area contributed by atoms with Crippen molar-refractivity contribution >= 4 is 11.7 Å². The Hall–Kier alpha value is -2.82. The molecule has 0 aliphatic rings. The first kappa shape index (κ1) is 14.6. The lowest BCUT2D eigenvalue weighted by molar-refractivity contribution is -0.135. The normalized spacial score (nSPS) is 11.0. The van der Waals surface area contributed by atoms with Crippen LogP contribution in [0.25, 0.3) is 0 Å². The summed E-state index contributed by atoms with van der Waals surface area (Å²) in [5.74, 6) is 0.662. The molecule has 0 bridgehead atoms. The Kier molecular flexibility index (Phi) is 4.93. The topological polar surface area (TPSA) is 68.1 Å². The second-order valence-electron chi connectivity index (χ2n) is 4.11. The molecule has 108 valence electrons. The van der Waals surface area contributed by atoms with E-state index in [0.29, 0.717) is 17.1 Å². The molecule has 0 spiro atoms. The molecule has 5 nitrogen and oxygen atoms in total. The smallest absolute Gasteiger partial charge is 0.361 e. The van der Waals surface area contributed by atoms with Gasteiger partial charge in [0.25, 0.3) is 0 Å². The monoisotopic (exact) mass is 285 g/mol. The van der Waals surface area contributed by atoms with Gasteiger partial charge in [-0.25, -0.2) is 4.79 Å². The molecule has 2 aromatic rings. The van der Waals surface area contributed by atoms with Gasteiger partial charge in [0.2, 0.25) is 0 Å². The summed E-state index contributed by atoms with van der Waals surface area (Å²) in [5.41, 5.74) is 0.319. The minimum absolute atomic E-state index is 0.136. The Bertz CT molecular complexity index is 620. The van der Waals surface area contributed by atoms with Gasteiger partial charge >= 0.3 is 5.97 Å². The van der Waals surface area contributed by atoms with Crippen LogP contribution in [-0.4, -0.2) is 23.5 Å². The predicted molar refractivity (Wildman–Crippen MR) is 77.9 cm³/mol. The minimum atomic E-state index is -0.670. The van der Waals surface area contributed by atoms with Crippen LogP contribution >= 0.6 is 0 Å². The van der Waals surface area contributed by atoms with Crippen molar-refractivity contribution in [1.29, 1.82) is 0 Å². The number of benzene rings is 2. The number of rotatable bonds is 5. The van der Waals surface area contributed by atoms with E-state index in [1.165, 1.54) is 0 Å². The van der Waals surface area contributed by atoms with Gasteiger partial charge in [0.05, 0.1) is 6.61 Å². The van der Waals surface area contributed by atoms with E-state index < -0.39 is 5.97 Å². The van der Waals surface area contributed by atoms with Gasteiger partial charge in [0.15, 0.2) is 5.71 Å². The third-order valence-electron chi connectivity index (χ3n) is 2.68. The molecule has 0 saturated heterocycles.